The molecule has 0 N–H and O–H groups in total. The topological polar surface area (TPSA) is 17.1 Å². The molecule has 2 aromatic carbocycles. The molecule has 21 heavy (non-hydrogen) atoms. The third-order valence-corrected chi connectivity index (χ3v) is 3.32. The fourth-order valence-corrected chi connectivity index (χ4v) is 2.12. The first kappa shape index (κ1) is 15.1. The second-order valence-corrected chi connectivity index (χ2v) is 5.08. The van der Waals surface area contributed by atoms with E-state index in [0.29, 0.717) is 6.42 Å². The van der Waals surface area contributed by atoms with Gasteiger partial charge in [0, 0.05) is 23.1 Å². The number of Topliss-reactive ketones (excluding diaryl/α,β-unsaturated/α-hetero) is 1. The maximum atomic E-state index is 12.1. The summed E-state index contributed by atoms with van der Waals surface area (Å²) >= 11 is 0. The molecule has 0 saturated heterocycles. The molecule has 106 valence electrons. The van der Waals surface area contributed by atoms with E-state index < -0.39 is 0 Å². The minimum Gasteiger partial charge on any atom is -0.294 e. The van der Waals surface area contributed by atoms with Crippen molar-refractivity contribution in [1.82, 2.24) is 0 Å². The molecule has 0 aliphatic heterocycles. The second-order valence-electron chi connectivity index (χ2n) is 5.08. The van der Waals surface area contributed by atoms with E-state index in [1.807, 2.05) is 54.6 Å². The number of ketones is 1. The minimum atomic E-state index is 0.215. The van der Waals surface area contributed by atoms with E-state index in [1.165, 1.54) is 0 Å². The van der Waals surface area contributed by atoms with Crippen LogP contribution in [0.1, 0.15) is 54.1 Å². The van der Waals surface area contributed by atoms with Gasteiger partial charge in [0.25, 0.3) is 0 Å². The second kappa shape index (κ2) is 8.07. The number of hydrogen-bond donors (Lipinski definition) is 0. The lowest BCUT2D eigenvalue weighted by Crippen LogP contribution is -1.99. The summed E-state index contributed by atoms with van der Waals surface area (Å²) in [5, 5.41) is 0. The lowest BCUT2D eigenvalue weighted by molar-refractivity contribution is 0.0979. The molecule has 0 unspecified atom stereocenters. The molecule has 0 bridgehead atoms. The first-order valence-corrected chi connectivity index (χ1v) is 7.50. The quantitative estimate of drug-likeness (QED) is 0.433. The number of rotatable bonds is 5. The molecular weight excluding hydrogens is 256 g/mol. The Kier molecular flexibility index (Phi) is 5.79. The molecule has 0 aliphatic rings. The van der Waals surface area contributed by atoms with E-state index in [-0.39, 0.29) is 5.78 Å². The van der Waals surface area contributed by atoms with Gasteiger partial charge in [0.05, 0.1) is 0 Å². The van der Waals surface area contributed by atoms with Crippen molar-refractivity contribution >= 4 is 5.78 Å². The van der Waals surface area contributed by atoms with Crippen molar-refractivity contribution in [1.29, 1.82) is 0 Å². The Morgan fingerprint density at radius 2 is 1.62 bits per heavy atom. The summed E-state index contributed by atoms with van der Waals surface area (Å²) in [5.41, 5.74) is 2.64. The normalized spacial score (nSPS) is 9.76. The van der Waals surface area contributed by atoms with E-state index in [2.05, 4.69) is 18.8 Å². The van der Waals surface area contributed by atoms with Gasteiger partial charge in [-0.25, -0.2) is 0 Å². The molecule has 0 aliphatic carbocycles. The van der Waals surface area contributed by atoms with Gasteiger partial charge in [0.15, 0.2) is 5.78 Å². The molecule has 0 radical (unpaired) electrons. The van der Waals surface area contributed by atoms with Gasteiger partial charge in [-0.05, 0) is 30.7 Å². The summed E-state index contributed by atoms with van der Waals surface area (Å²) in [6.07, 6.45) is 3.84. The van der Waals surface area contributed by atoms with Crippen molar-refractivity contribution in [3.63, 3.8) is 0 Å². The van der Waals surface area contributed by atoms with Gasteiger partial charge < -0.3 is 0 Å². The van der Waals surface area contributed by atoms with Crippen molar-refractivity contribution in [3.8, 4) is 11.8 Å². The van der Waals surface area contributed by atoms with Crippen LogP contribution in [0.4, 0.5) is 0 Å². The Bertz CT molecular complexity index is 644. The van der Waals surface area contributed by atoms with Gasteiger partial charge >= 0.3 is 0 Å². The molecule has 0 heterocycles. The lowest BCUT2D eigenvalue weighted by Gasteiger charge is -2.01. The number of benzene rings is 2. The molecular formula is C20H20O. The summed E-state index contributed by atoms with van der Waals surface area (Å²) < 4.78 is 0. The van der Waals surface area contributed by atoms with Gasteiger partial charge in [-0.1, -0.05) is 61.9 Å². The fourth-order valence-electron chi connectivity index (χ4n) is 2.12. The first-order chi connectivity index (χ1) is 10.3. The van der Waals surface area contributed by atoms with Gasteiger partial charge in [-0.2, -0.15) is 0 Å². The molecule has 0 atom stereocenters. The average molecular weight is 276 g/mol. The smallest absolute Gasteiger partial charge is 0.162 e. The molecule has 2 aromatic rings. The maximum absolute atomic E-state index is 12.1. The average Bonchev–Trinajstić information content (AvgIpc) is 2.54. The predicted molar refractivity (Wildman–Crippen MR) is 87.3 cm³/mol. The molecule has 0 saturated carbocycles. The summed E-state index contributed by atoms with van der Waals surface area (Å²) in [4.78, 5) is 12.1. The van der Waals surface area contributed by atoms with Crippen LogP contribution in [0.5, 0.6) is 0 Å². The van der Waals surface area contributed by atoms with Crippen molar-refractivity contribution in [2.24, 2.45) is 0 Å². The van der Waals surface area contributed by atoms with Gasteiger partial charge in [0.1, 0.15) is 0 Å². The Balaban J connectivity index is 2.08. The van der Waals surface area contributed by atoms with Gasteiger partial charge in [-0.3, -0.25) is 4.79 Å². The van der Waals surface area contributed by atoms with Crippen LogP contribution in [0.2, 0.25) is 0 Å². The standard InChI is InChI=1S/C20H20O/c1-2-3-5-13-20(21)19-12-8-11-18(16-19)15-14-17-9-6-4-7-10-17/h4,6-12,16H,2-3,5,13H2,1H3. The van der Waals surface area contributed by atoms with Crippen LogP contribution < -0.4 is 0 Å². The zero-order valence-corrected chi connectivity index (χ0v) is 12.4. The largest absolute Gasteiger partial charge is 0.294 e. The van der Waals surface area contributed by atoms with Gasteiger partial charge in [-0.15, -0.1) is 0 Å². The van der Waals surface area contributed by atoms with Crippen LogP contribution >= 0.6 is 0 Å². The highest BCUT2D eigenvalue weighted by molar-refractivity contribution is 5.96. The molecule has 2 rings (SSSR count). The highest BCUT2D eigenvalue weighted by atomic mass is 16.1. The zero-order valence-electron chi connectivity index (χ0n) is 12.4. The van der Waals surface area contributed by atoms with Crippen LogP contribution in [-0.2, 0) is 0 Å². The third kappa shape index (κ3) is 4.93. The van der Waals surface area contributed by atoms with Crippen LogP contribution in [-0.4, -0.2) is 5.78 Å². The summed E-state index contributed by atoms with van der Waals surface area (Å²) in [5.74, 6) is 6.45. The predicted octanol–water partition coefficient (Wildman–Crippen LogP) is 4.85. The van der Waals surface area contributed by atoms with E-state index in [4.69, 9.17) is 0 Å². The Hall–Kier alpha value is -2.33. The van der Waals surface area contributed by atoms with Gasteiger partial charge in [0.2, 0.25) is 0 Å². The Morgan fingerprint density at radius 1 is 0.905 bits per heavy atom. The fraction of sp³-hybridized carbons (Fsp3) is 0.250. The third-order valence-electron chi connectivity index (χ3n) is 3.32. The molecule has 0 spiro atoms. The summed E-state index contributed by atoms with van der Waals surface area (Å²) in [6, 6.07) is 17.5. The lowest BCUT2D eigenvalue weighted by atomic mass is 10.0. The van der Waals surface area contributed by atoms with E-state index in [1.54, 1.807) is 0 Å². The molecule has 0 amide bonds. The maximum Gasteiger partial charge on any atom is 0.162 e. The summed E-state index contributed by atoms with van der Waals surface area (Å²) in [6.45, 7) is 2.14. The van der Waals surface area contributed by atoms with Crippen LogP contribution in [0.25, 0.3) is 0 Å². The van der Waals surface area contributed by atoms with Crippen molar-refractivity contribution in [3.05, 3.63) is 71.3 Å². The number of hydrogen-bond acceptors (Lipinski definition) is 1. The number of carbonyl (C=O) groups excluding carboxylic acids is 1. The SMILES string of the molecule is CCCCCC(=O)c1cccc(C#Cc2ccccc2)c1. The minimum absolute atomic E-state index is 0.215. The van der Waals surface area contributed by atoms with Crippen molar-refractivity contribution < 1.29 is 4.79 Å². The Morgan fingerprint density at radius 3 is 2.38 bits per heavy atom. The first-order valence-electron chi connectivity index (χ1n) is 7.50. The van der Waals surface area contributed by atoms with Crippen molar-refractivity contribution in [2.75, 3.05) is 0 Å². The number of unbranched alkanes of at least 4 members (excludes halogenated alkanes) is 2. The Labute approximate surface area is 127 Å². The van der Waals surface area contributed by atoms with E-state index in [9.17, 15) is 4.79 Å². The van der Waals surface area contributed by atoms with E-state index in [0.717, 1.165) is 36.0 Å². The molecule has 0 fully saturated rings. The van der Waals surface area contributed by atoms with Crippen molar-refractivity contribution in [2.45, 2.75) is 32.6 Å². The monoisotopic (exact) mass is 276 g/mol. The molecule has 1 heteroatoms. The summed E-state index contributed by atoms with van der Waals surface area (Å²) in [7, 11) is 0. The van der Waals surface area contributed by atoms with E-state index >= 15 is 0 Å². The van der Waals surface area contributed by atoms with Crippen LogP contribution in [0.3, 0.4) is 0 Å². The van der Waals surface area contributed by atoms with Crippen LogP contribution in [0.15, 0.2) is 54.6 Å². The molecule has 1 nitrogen and oxygen atoms in total. The number of carbonyl (C=O) groups is 1. The van der Waals surface area contributed by atoms with Crippen LogP contribution in [0, 0.1) is 11.8 Å². The highest BCUT2D eigenvalue weighted by Gasteiger charge is 2.05. The highest BCUT2D eigenvalue weighted by Crippen LogP contribution is 2.10. The zero-order chi connectivity index (χ0) is 14.9. The molecule has 0 aromatic heterocycles.